The number of carbonyl (C=O) groups excluding carboxylic acids is 1. The van der Waals surface area contributed by atoms with E-state index >= 15 is 0 Å². The van der Waals surface area contributed by atoms with Gasteiger partial charge in [0.25, 0.3) is 0 Å². The molecule has 0 unspecified atom stereocenters. The second-order valence-electron chi connectivity index (χ2n) is 7.41. The van der Waals surface area contributed by atoms with Crippen LogP contribution in [0.5, 0.6) is 0 Å². The van der Waals surface area contributed by atoms with Gasteiger partial charge >= 0.3 is 6.09 Å². The van der Waals surface area contributed by atoms with Gasteiger partial charge in [0.1, 0.15) is 5.60 Å². The van der Waals surface area contributed by atoms with Crippen LogP contribution < -0.4 is 5.32 Å². The smallest absolute Gasteiger partial charge is 0.410 e. The van der Waals surface area contributed by atoms with Crippen molar-refractivity contribution < 1.29 is 9.53 Å². The molecule has 1 fully saturated rings. The standard InChI is InChI=1S/C17H34N2O2/c1-14(2)19(16(20)21-17(3,4)5)13-12-18-15-10-8-6-7-9-11-15/h14-15,18H,6-13H2,1-5H3. The first-order valence-corrected chi connectivity index (χ1v) is 8.52. The molecule has 21 heavy (non-hydrogen) atoms. The van der Waals surface area contributed by atoms with Crippen molar-refractivity contribution >= 4 is 6.09 Å². The molecule has 4 nitrogen and oxygen atoms in total. The lowest BCUT2D eigenvalue weighted by Crippen LogP contribution is -2.45. The van der Waals surface area contributed by atoms with Crippen LogP contribution >= 0.6 is 0 Å². The van der Waals surface area contributed by atoms with Gasteiger partial charge in [-0.05, 0) is 47.5 Å². The van der Waals surface area contributed by atoms with Crippen molar-refractivity contribution in [1.29, 1.82) is 0 Å². The van der Waals surface area contributed by atoms with Crippen LogP contribution in [0.15, 0.2) is 0 Å². The van der Waals surface area contributed by atoms with E-state index in [0.29, 0.717) is 12.6 Å². The second-order valence-corrected chi connectivity index (χ2v) is 7.41. The SMILES string of the molecule is CC(C)N(CCNC1CCCCCC1)C(=O)OC(C)(C)C. The van der Waals surface area contributed by atoms with Gasteiger partial charge in [-0.1, -0.05) is 25.7 Å². The van der Waals surface area contributed by atoms with Crippen LogP contribution in [0.3, 0.4) is 0 Å². The summed E-state index contributed by atoms with van der Waals surface area (Å²) in [5.41, 5.74) is -0.432. The van der Waals surface area contributed by atoms with Crippen molar-refractivity contribution in [3.8, 4) is 0 Å². The van der Waals surface area contributed by atoms with E-state index < -0.39 is 5.60 Å². The molecular weight excluding hydrogens is 264 g/mol. The van der Waals surface area contributed by atoms with Gasteiger partial charge in [0.2, 0.25) is 0 Å². The maximum atomic E-state index is 12.2. The van der Waals surface area contributed by atoms with Gasteiger partial charge in [-0.25, -0.2) is 4.79 Å². The van der Waals surface area contributed by atoms with Crippen molar-refractivity contribution in [2.45, 2.75) is 90.8 Å². The highest BCUT2D eigenvalue weighted by atomic mass is 16.6. The van der Waals surface area contributed by atoms with Gasteiger partial charge in [0, 0.05) is 25.2 Å². The Labute approximate surface area is 130 Å². The molecule has 1 aliphatic rings. The van der Waals surface area contributed by atoms with E-state index in [1.165, 1.54) is 38.5 Å². The van der Waals surface area contributed by atoms with E-state index in [-0.39, 0.29) is 12.1 Å². The van der Waals surface area contributed by atoms with E-state index in [9.17, 15) is 4.79 Å². The number of nitrogens with one attached hydrogen (secondary N) is 1. The number of hydrogen-bond donors (Lipinski definition) is 1. The Bertz CT molecular complexity index is 302. The van der Waals surface area contributed by atoms with Crippen LogP contribution in [0, 0.1) is 0 Å². The highest BCUT2D eigenvalue weighted by Gasteiger charge is 2.24. The Morgan fingerprint density at radius 1 is 1.19 bits per heavy atom. The Morgan fingerprint density at radius 3 is 2.24 bits per heavy atom. The Hall–Kier alpha value is -0.770. The maximum absolute atomic E-state index is 12.2. The van der Waals surface area contributed by atoms with Gasteiger partial charge < -0.3 is 15.0 Å². The van der Waals surface area contributed by atoms with Crippen LogP contribution in [0.4, 0.5) is 4.79 Å². The second kappa shape index (κ2) is 8.62. The number of carbonyl (C=O) groups is 1. The molecule has 1 aliphatic carbocycles. The minimum atomic E-state index is -0.432. The van der Waals surface area contributed by atoms with Crippen LogP contribution in [0.2, 0.25) is 0 Å². The van der Waals surface area contributed by atoms with Gasteiger partial charge in [0.05, 0.1) is 0 Å². The fourth-order valence-corrected chi connectivity index (χ4v) is 2.75. The van der Waals surface area contributed by atoms with Gasteiger partial charge in [0.15, 0.2) is 0 Å². The molecule has 0 aromatic carbocycles. The molecular formula is C17H34N2O2. The molecule has 4 heteroatoms. The van der Waals surface area contributed by atoms with Crippen molar-refractivity contribution in [3.63, 3.8) is 0 Å². The van der Waals surface area contributed by atoms with Gasteiger partial charge in [-0.3, -0.25) is 0 Å². The highest BCUT2D eigenvalue weighted by molar-refractivity contribution is 5.68. The zero-order chi connectivity index (χ0) is 15.9. The number of hydrogen-bond acceptors (Lipinski definition) is 3. The largest absolute Gasteiger partial charge is 0.444 e. The zero-order valence-corrected chi connectivity index (χ0v) is 14.6. The van der Waals surface area contributed by atoms with E-state index in [0.717, 1.165) is 6.54 Å². The lowest BCUT2D eigenvalue weighted by Gasteiger charge is -2.30. The monoisotopic (exact) mass is 298 g/mol. The molecule has 124 valence electrons. The topological polar surface area (TPSA) is 41.6 Å². The molecule has 1 saturated carbocycles. The fourth-order valence-electron chi connectivity index (χ4n) is 2.75. The van der Waals surface area contributed by atoms with Crippen LogP contribution in [-0.4, -0.2) is 41.8 Å². The summed E-state index contributed by atoms with van der Waals surface area (Å²) in [6.07, 6.45) is 7.74. The summed E-state index contributed by atoms with van der Waals surface area (Å²) >= 11 is 0. The number of amides is 1. The third-order valence-corrected chi connectivity index (χ3v) is 3.89. The van der Waals surface area contributed by atoms with Gasteiger partial charge in [-0.15, -0.1) is 0 Å². The summed E-state index contributed by atoms with van der Waals surface area (Å²) in [4.78, 5) is 14.0. The minimum Gasteiger partial charge on any atom is -0.444 e. The van der Waals surface area contributed by atoms with Crippen LogP contribution in [-0.2, 0) is 4.74 Å². The number of rotatable bonds is 5. The van der Waals surface area contributed by atoms with Crippen LogP contribution in [0.25, 0.3) is 0 Å². The zero-order valence-electron chi connectivity index (χ0n) is 14.6. The Morgan fingerprint density at radius 2 is 1.76 bits per heavy atom. The molecule has 0 atom stereocenters. The minimum absolute atomic E-state index is 0.163. The Balaban J connectivity index is 2.38. The molecule has 0 radical (unpaired) electrons. The summed E-state index contributed by atoms with van der Waals surface area (Å²) in [7, 11) is 0. The third-order valence-electron chi connectivity index (χ3n) is 3.89. The number of nitrogens with zero attached hydrogens (tertiary/aromatic N) is 1. The average Bonchev–Trinajstić information content (AvgIpc) is 2.60. The molecule has 1 rings (SSSR count). The number of ether oxygens (including phenoxy) is 1. The van der Waals surface area contributed by atoms with Gasteiger partial charge in [-0.2, -0.15) is 0 Å². The molecule has 1 N–H and O–H groups in total. The molecule has 0 heterocycles. The molecule has 0 saturated heterocycles. The summed E-state index contributed by atoms with van der Waals surface area (Å²) in [6.45, 7) is 11.4. The maximum Gasteiger partial charge on any atom is 0.410 e. The predicted molar refractivity (Wildman–Crippen MR) is 87.6 cm³/mol. The first-order valence-electron chi connectivity index (χ1n) is 8.52. The molecule has 0 aliphatic heterocycles. The van der Waals surface area contributed by atoms with Crippen molar-refractivity contribution in [1.82, 2.24) is 10.2 Å². The summed E-state index contributed by atoms with van der Waals surface area (Å²) < 4.78 is 5.48. The quantitative estimate of drug-likeness (QED) is 0.782. The fraction of sp³-hybridized carbons (Fsp3) is 0.941. The molecule has 0 aromatic heterocycles. The van der Waals surface area contributed by atoms with Crippen molar-refractivity contribution in [3.05, 3.63) is 0 Å². The first kappa shape index (κ1) is 18.3. The molecule has 1 amide bonds. The molecule has 0 bridgehead atoms. The lowest BCUT2D eigenvalue weighted by atomic mass is 10.1. The summed E-state index contributed by atoms with van der Waals surface area (Å²) in [6, 6.07) is 0.788. The normalized spacial score (nSPS) is 17.6. The van der Waals surface area contributed by atoms with E-state index in [2.05, 4.69) is 5.32 Å². The van der Waals surface area contributed by atoms with Crippen molar-refractivity contribution in [2.24, 2.45) is 0 Å². The van der Waals surface area contributed by atoms with Crippen molar-refractivity contribution in [2.75, 3.05) is 13.1 Å². The molecule has 0 spiro atoms. The molecule has 0 aromatic rings. The van der Waals surface area contributed by atoms with Crippen LogP contribution in [0.1, 0.15) is 73.1 Å². The lowest BCUT2D eigenvalue weighted by molar-refractivity contribution is 0.0192. The Kier molecular flexibility index (Phi) is 7.50. The first-order chi connectivity index (χ1) is 9.79. The summed E-state index contributed by atoms with van der Waals surface area (Å²) in [5, 5.41) is 3.62. The van der Waals surface area contributed by atoms with E-state index in [4.69, 9.17) is 4.74 Å². The average molecular weight is 298 g/mol. The predicted octanol–water partition coefficient (Wildman–Crippen LogP) is 3.94. The summed E-state index contributed by atoms with van der Waals surface area (Å²) in [5.74, 6) is 0. The third kappa shape index (κ3) is 7.70. The van der Waals surface area contributed by atoms with E-state index in [1.54, 1.807) is 0 Å². The highest BCUT2D eigenvalue weighted by Crippen LogP contribution is 2.17. The van der Waals surface area contributed by atoms with E-state index in [1.807, 2.05) is 39.5 Å².